The molecule has 0 bridgehead atoms. The molecule has 1 aliphatic carbocycles. The van der Waals surface area contributed by atoms with Crippen molar-refractivity contribution in [2.45, 2.75) is 59.2 Å². The van der Waals surface area contributed by atoms with Crippen molar-refractivity contribution in [3.63, 3.8) is 0 Å². The number of primary amides is 1. The molecule has 10 heteroatoms. The van der Waals surface area contributed by atoms with E-state index in [4.69, 9.17) is 5.73 Å². The molecule has 1 rings (SSSR count). The monoisotopic (exact) mass is 448 g/mol. The molecule has 0 saturated heterocycles. The summed E-state index contributed by atoms with van der Waals surface area (Å²) >= 11 is 0. The van der Waals surface area contributed by atoms with Crippen molar-refractivity contribution >= 4 is 29.5 Å². The van der Waals surface area contributed by atoms with Crippen molar-refractivity contribution in [3.8, 4) is 0 Å². The lowest BCUT2D eigenvalue weighted by Crippen LogP contribution is -2.56. The summed E-state index contributed by atoms with van der Waals surface area (Å²) in [5.41, 5.74) is 5.37. The maximum Gasteiger partial charge on any atom is 0.243 e. The van der Waals surface area contributed by atoms with Crippen LogP contribution in [-0.2, 0) is 24.0 Å². The Bertz CT molecular complexity index is 688. The average molecular weight is 449 g/mol. The Balaban J connectivity index is 2.55. The summed E-state index contributed by atoms with van der Waals surface area (Å²) in [6.45, 7) is 8.40. The first-order chi connectivity index (χ1) is 14.9. The van der Waals surface area contributed by atoms with Gasteiger partial charge in [0, 0.05) is 0 Å². The fraction of sp³-hybridized carbons (Fsp3) is 0.545. The molecule has 0 aromatic carbocycles. The van der Waals surface area contributed by atoms with Gasteiger partial charge in [-0.25, -0.2) is 0 Å². The molecular formula is C22H34N5O5. The third kappa shape index (κ3) is 9.23. The minimum absolute atomic E-state index is 0.136. The molecule has 10 nitrogen and oxygen atoms in total. The van der Waals surface area contributed by atoms with Gasteiger partial charge in [0.05, 0.1) is 12.5 Å². The third-order valence-electron chi connectivity index (χ3n) is 4.72. The fourth-order valence-corrected chi connectivity index (χ4v) is 2.93. The molecule has 1 fully saturated rings. The van der Waals surface area contributed by atoms with Gasteiger partial charge in [-0.05, 0) is 50.9 Å². The highest BCUT2D eigenvalue weighted by molar-refractivity contribution is 5.99. The zero-order valence-corrected chi connectivity index (χ0v) is 19.2. The Kier molecular flexibility index (Phi) is 11.1. The van der Waals surface area contributed by atoms with E-state index >= 15 is 0 Å². The van der Waals surface area contributed by atoms with Crippen LogP contribution in [0.4, 0.5) is 0 Å². The van der Waals surface area contributed by atoms with Gasteiger partial charge in [0.1, 0.15) is 18.1 Å². The normalized spacial score (nSPS) is 16.8. The Morgan fingerprint density at radius 3 is 1.97 bits per heavy atom. The molecular weight excluding hydrogens is 414 g/mol. The minimum Gasteiger partial charge on any atom is -0.368 e. The lowest BCUT2D eigenvalue weighted by atomic mass is 10.00. The lowest BCUT2D eigenvalue weighted by Gasteiger charge is -2.25. The highest BCUT2D eigenvalue weighted by Gasteiger charge is 2.29. The fourth-order valence-electron chi connectivity index (χ4n) is 2.93. The zero-order valence-electron chi connectivity index (χ0n) is 19.2. The SMILES string of the molecule is CC(C)C[C@H](NC(=O)[C@@H](NC(=O)CNC(=O)[C@H](C)NC(=O)[C]1[CH][CH][CH][CH]1)C(C)C)C(N)=O. The van der Waals surface area contributed by atoms with Crippen molar-refractivity contribution in [3.05, 3.63) is 31.6 Å². The third-order valence-corrected chi connectivity index (χ3v) is 4.72. The van der Waals surface area contributed by atoms with Crippen molar-refractivity contribution < 1.29 is 24.0 Å². The van der Waals surface area contributed by atoms with E-state index in [1.54, 1.807) is 39.5 Å². The summed E-state index contributed by atoms with van der Waals surface area (Å²) in [5, 5.41) is 10.1. The Morgan fingerprint density at radius 2 is 1.47 bits per heavy atom. The van der Waals surface area contributed by atoms with Gasteiger partial charge in [0.2, 0.25) is 29.5 Å². The summed E-state index contributed by atoms with van der Waals surface area (Å²) in [5.74, 6) is -2.41. The number of amides is 5. The Morgan fingerprint density at radius 1 is 0.875 bits per heavy atom. The molecule has 0 aromatic rings. The van der Waals surface area contributed by atoms with E-state index in [2.05, 4.69) is 21.3 Å². The molecule has 5 radical (unpaired) electrons. The van der Waals surface area contributed by atoms with Gasteiger partial charge < -0.3 is 27.0 Å². The van der Waals surface area contributed by atoms with Crippen LogP contribution < -0.4 is 27.0 Å². The topological polar surface area (TPSA) is 159 Å². The van der Waals surface area contributed by atoms with Crippen LogP contribution in [0.5, 0.6) is 0 Å². The minimum atomic E-state index is -0.914. The van der Waals surface area contributed by atoms with Crippen molar-refractivity contribution in [2.75, 3.05) is 6.54 Å². The summed E-state index contributed by atoms with van der Waals surface area (Å²) in [7, 11) is 0. The molecule has 177 valence electrons. The molecule has 6 N–H and O–H groups in total. The van der Waals surface area contributed by atoms with Crippen LogP contribution in [0.2, 0.25) is 0 Å². The average Bonchev–Trinajstić information content (AvgIpc) is 3.23. The number of rotatable bonds is 12. The second-order valence-electron chi connectivity index (χ2n) is 8.47. The van der Waals surface area contributed by atoms with Gasteiger partial charge in [-0.15, -0.1) is 0 Å². The van der Waals surface area contributed by atoms with E-state index in [9.17, 15) is 24.0 Å². The Labute approximate surface area is 190 Å². The van der Waals surface area contributed by atoms with Crippen LogP contribution in [0, 0.1) is 43.4 Å². The van der Waals surface area contributed by atoms with Gasteiger partial charge in [-0.3, -0.25) is 24.0 Å². The van der Waals surface area contributed by atoms with Crippen LogP contribution in [-0.4, -0.2) is 54.2 Å². The zero-order chi connectivity index (χ0) is 24.4. The molecule has 0 aliphatic heterocycles. The molecule has 0 spiro atoms. The molecule has 1 aliphatic rings. The number of hydrogen-bond acceptors (Lipinski definition) is 5. The number of carbonyl (C=O) groups is 5. The highest BCUT2D eigenvalue weighted by atomic mass is 16.2. The Hall–Kier alpha value is -2.65. The molecule has 1 saturated carbocycles. The van der Waals surface area contributed by atoms with Crippen molar-refractivity contribution in [2.24, 2.45) is 17.6 Å². The smallest absolute Gasteiger partial charge is 0.243 e. The second kappa shape index (κ2) is 13.0. The van der Waals surface area contributed by atoms with Crippen molar-refractivity contribution in [1.29, 1.82) is 0 Å². The number of nitrogens with two attached hydrogens (primary N) is 1. The summed E-state index contributed by atoms with van der Waals surface area (Å²) < 4.78 is 0. The number of carbonyl (C=O) groups excluding carboxylic acids is 5. The van der Waals surface area contributed by atoms with Crippen LogP contribution in [0.25, 0.3) is 0 Å². The largest absolute Gasteiger partial charge is 0.368 e. The van der Waals surface area contributed by atoms with E-state index in [0.717, 1.165) is 0 Å². The summed E-state index contributed by atoms with van der Waals surface area (Å²) in [6, 6.07) is -2.61. The predicted molar refractivity (Wildman–Crippen MR) is 118 cm³/mol. The quantitative estimate of drug-likeness (QED) is 0.263. The van der Waals surface area contributed by atoms with Crippen LogP contribution in [0.3, 0.4) is 0 Å². The van der Waals surface area contributed by atoms with E-state index < -0.39 is 47.7 Å². The molecule has 5 amide bonds. The van der Waals surface area contributed by atoms with Crippen LogP contribution >= 0.6 is 0 Å². The first-order valence-corrected chi connectivity index (χ1v) is 10.6. The maximum atomic E-state index is 12.6. The van der Waals surface area contributed by atoms with E-state index in [-0.39, 0.29) is 18.4 Å². The second-order valence-corrected chi connectivity index (χ2v) is 8.47. The lowest BCUT2D eigenvalue weighted by molar-refractivity contribution is -0.133. The number of nitrogens with one attached hydrogen (secondary N) is 4. The van der Waals surface area contributed by atoms with Crippen LogP contribution in [0.1, 0.15) is 41.0 Å². The van der Waals surface area contributed by atoms with E-state index in [1.165, 1.54) is 6.92 Å². The number of hydrogen-bond donors (Lipinski definition) is 5. The van der Waals surface area contributed by atoms with Gasteiger partial charge in [0.15, 0.2) is 0 Å². The van der Waals surface area contributed by atoms with Crippen molar-refractivity contribution in [1.82, 2.24) is 21.3 Å². The predicted octanol–water partition coefficient (Wildman–Crippen LogP) is -0.830. The molecule has 0 unspecified atom stereocenters. The first kappa shape index (κ1) is 27.4. The molecule has 0 heterocycles. The van der Waals surface area contributed by atoms with Gasteiger partial charge >= 0.3 is 0 Å². The summed E-state index contributed by atoms with van der Waals surface area (Å²) in [6.07, 6.45) is 7.03. The van der Waals surface area contributed by atoms with Crippen LogP contribution in [0.15, 0.2) is 0 Å². The maximum absolute atomic E-state index is 12.6. The van der Waals surface area contributed by atoms with Gasteiger partial charge in [-0.2, -0.15) is 0 Å². The standard InChI is InChI=1S/C22H34N5O5/c1-12(2)10-16(19(23)29)26-22(32)18(13(3)4)27-17(28)11-24-20(30)14(5)25-21(31)15-8-6-7-9-15/h6-9,12-14,16,18H,10-11H2,1-5H3,(H2,23,29)(H,24,30)(H,25,31)(H,26,32)(H,27,28)/t14-,16-,18-/m0/s1. The van der Waals surface area contributed by atoms with E-state index in [0.29, 0.717) is 12.3 Å². The van der Waals surface area contributed by atoms with Gasteiger partial charge in [-0.1, -0.05) is 27.7 Å². The summed E-state index contributed by atoms with van der Waals surface area (Å²) in [4.78, 5) is 60.8. The van der Waals surface area contributed by atoms with E-state index in [1.807, 2.05) is 13.8 Å². The molecule has 0 aromatic heterocycles. The van der Waals surface area contributed by atoms with Gasteiger partial charge in [0.25, 0.3) is 0 Å². The molecule has 32 heavy (non-hydrogen) atoms. The molecule has 3 atom stereocenters. The highest BCUT2D eigenvalue weighted by Crippen LogP contribution is 2.22. The first-order valence-electron chi connectivity index (χ1n) is 10.6.